The summed E-state index contributed by atoms with van der Waals surface area (Å²) in [6.07, 6.45) is 3.00. The van der Waals surface area contributed by atoms with Crippen molar-refractivity contribution in [1.29, 1.82) is 0 Å². The summed E-state index contributed by atoms with van der Waals surface area (Å²) in [7, 11) is 3.05. The third kappa shape index (κ3) is 4.98. The van der Waals surface area contributed by atoms with E-state index in [1.54, 1.807) is 35.0 Å². The minimum atomic E-state index is -0.276. The second-order valence-corrected chi connectivity index (χ2v) is 7.70. The highest BCUT2D eigenvalue weighted by Gasteiger charge is 2.12. The first-order chi connectivity index (χ1) is 16.0. The Balaban J connectivity index is 1.44. The minimum absolute atomic E-state index is 0.186. The van der Waals surface area contributed by atoms with Gasteiger partial charge in [-0.2, -0.15) is 5.10 Å². The molecule has 10 heteroatoms. The fraction of sp³-hybridized carbons (Fsp3) is 0.217. The number of aromatic nitrogens is 4. The predicted molar refractivity (Wildman–Crippen MR) is 124 cm³/mol. The van der Waals surface area contributed by atoms with E-state index in [-0.39, 0.29) is 11.5 Å². The molecular formula is C23H22ClN5O4. The first-order valence-corrected chi connectivity index (χ1v) is 10.5. The number of amides is 1. The van der Waals surface area contributed by atoms with Crippen LogP contribution in [0.5, 0.6) is 11.5 Å². The van der Waals surface area contributed by atoms with Gasteiger partial charge >= 0.3 is 0 Å². The third-order valence-corrected chi connectivity index (χ3v) is 5.36. The van der Waals surface area contributed by atoms with Crippen LogP contribution < -0.4 is 20.3 Å². The molecule has 4 rings (SSSR count). The summed E-state index contributed by atoms with van der Waals surface area (Å²) in [5, 5.41) is 8.16. The molecule has 0 radical (unpaired) electrons. The lowest BCUT2D eigenvalue weighted by atomic mass is 10.2. The fourth-order valence-electron chi connectivity index (χ4n) is 3.38. The molecule has 0 aliphatic carbocycles. The molecule has 0 spiro atoms. The summed E-state index contributed by atoms with van der Waals surface area (Å²) in [5.74, 6) is 0.773. The number of carbonyl (C=O) groups is 1. The van der Waals surface area contributed by atoms with Gasteiger partial charge in [-0.1, -0.05) is 23.7 Å². The van der Waals surface area contributed by atoms with Gasteiger partial charge < -0.3 is 14.8 Å². The van der Waals surface area contributed by atoms with Crippen molar-refractivity contribution in [2.45, 2.75) is 13.1 Å². The summed E-state index contributed by atoms with van der Waals surface area (Å²) in [6, 6.07) is 12.2. The van der Waals surface area contributed by atoms with Gasteiger partial charge in [-0.25, -0.2) is 9.67 Å². The lowest BCUT2D eigenvalue weighted by Crippen LogP contribution is -2.28. The van der Waals surface area contributed by atoms with Crippen LogP contribution in [0.15, 0.2) is 59.8 Å². The first kappa shape index (κ1) is 22.3. The SMILES string of the molecule is COc1cc(OC)cc(C(=O)NCCn2ncc3c(=O)n(Cc4ccc(Cl)cc4)cnc32)c1. The van der Waals surface area contributed by atoms with E-state index >= 15 is 0 Å². The summed E-state index contributed by atoms with van der Waals surface area (Å²) in [4.78, 5) is 29.8. The Hall–Kier alpha value is -3.85. The van der Waals surface area contributed by atoms with Crippen molar-refractivity contribution >= 4 is 28.5 Å². The maximum atomic E-state index is 12.9. The first-order valence-electron chi connectivity index (χ1n) is 10.1. The predicted octanol–water partition coefficient (Wildman–Crippen LogP) is 2.74. The van der Waals surface area contributed by atoms with Crippen LogP contribution in [0.2, 0.25) is 5.02 Å². The topological polar surface area (TPSA) is 100 Å². The van der Waals surface area contributed by atoms with Gasteiger partial charge in [0.15, 0.2) is 5.65 Å². The van der Waals surface area contributed by atoms with E-state index in [0.717, 1.165) is 5.56 Å². The van der Waals surface area contributed by atoms with Gasteiger partial charge in [0.25, 0.3) is 11.5 Å². The minimum Gasteiger partial charge on any atom is -0.497 e. The molecule has 0 fully saturated rings. The van der Waals surface area contributed by atoms with Crippen LogP contribution in [0.4, 0.5) is 0 Å². The average Bonchev–Trinajstić information content (AvgIpc) is 3.25. The zero-order valence-electron chi connectivity index (χ0n) is 18.1. The number of fused-ring (bicyclic) bond motifs is 1. The molecule has 2 heterocycles. The number of rotatable bonds is 8. The van der Waals surface area contributed by atoms with Gasteiger partial charge in [0.05, 0.1) is 33.5 Å². The molecule has 4 aromatic rings. The number of nitrogens with one attached hydrogen (secondary N) is 1. The molecule has 0 saturated heterocycles. The van der Waals surface area contributed by atoms with Gasteiger partial charge in [-0.15, -0.1) is 0 Å². The largest absolute Gasteiger partial charge is 0.497 e. The molecule has 9 nitrogen and oxygen atoms in total. The summed E-state index contributed by atoms with van der Waals surface area (Å²) in [5.41, 5.74) is 1.63. The molecule has 0 aliphatic heterocycles. The Morgan fingerprint density at radius 1 is 1.09 bits per heavy atom. The van der Waals surface area contributed by atoms with Gasteiger partial charge in [0, 0.05) is 23.2 Å². The Labute approximate surface area is 194 Å². The Morgan fingerprint density at radius 2 is 1.79 bits per heavy atom. The van der Waals surface area contributed by atoms with Crippen molar-refractivity contribution in [2.24, 2.45) is 0 Å². The third-order valence-electron chi connectivity index (χ3n) is 5.11. The standard InChI is InChI=1S/C23H22ClN5O4/c1-32-18-9-16(10-19(11-18)33-2)22(30)25-7-8-29-21-20(12-27-29)23(31)28(14-26-21)13-15-3-5-17(24)6-4-15/h3-6,9-12,14H,7-8,13H2,1-2H3,(H,25,30). The van der Waals surface area contributed by atoms with Crippen LogP contribution in [0.3, 0.4) is 0 Å². The molecule has 2 aromatic heterocycles. The number of benzene rings is 2. The van der Waals surface area contributed by atoms with Crippen LogP contribution >= 0.6 is 11.6 Å². The Bertz CT molecular complexity index is 1330. The van der Waals surface area contributed by atoms with E-state index in [0.29, 0.717) is 52.8 Å². The molecule has 0 aliphatic rings. The van der Waals surface area contributed by atoms with Crippen LogP contribution in [-0.2, 0) is 13.1 Å². The van der Waals surface area contributed by atoms with Crippen molar-refractivity contribution in [3.8, 4) is 11.5 Å². The molecular weight excluding hydrogens is 446 g/mol. The van der Waals surface area contributed by atoms with Crippen molar-refractivity contribution in [3.63, 3.8) is 0 Å². The highest BCUT2D eigenvalue weighted by molar-refractivity contribution is 6.30. The quantitative estimate of drug-likeness (QED) is 0.427. The fourth-order valence-corrected chi connectivity index (χ4v) is 3.50. The van der Waals surface area contributed by atoms with Crippen LogP contribution in [0.1, 0.15) is 15.9 Å². The molecule has 0 unspecified atom stereocenters. The van der Waals surface area contributed by atoms with E-state index in [1.165, 1.54) is 31.3 Å². The summed E-state index contributed by atoms with van der Waals surface area (Å²) in [6.45, 7) is 1.03. The molecule has 0 saturated carbocycles. The van der Waals surface area contributed by atoms with Crippen LogP contribution in [0.25, 0.3) is 11.0 Å². The number of carbonyl (C=O) groups excluding carboxylic acids is 1. The summed E-state index contributed by atoms with van der Waals surface area (Å²) >= 11 is 5.92. The molecule has 33 heavy (non-hydrogen) atoms. The van der Waals surface area contributed by atoms with Crippen molar-refractivity contribution in [3.05, 3.63) is 81.5 Å². The molecule has 0 atom stereocenters. The van der Waals surface area contributed by atoms with E-state index in [4.69, 9.17) is 21.1 Å². The number of methoxy groups -OCH3 is 2. The molecule has 1 N–H and O–H groups in total. The summed E-state index contributed by atoms with van der Waals surface area (Å²) < 4.78 is 13.5. The highest BCUT2D eigenvalue weighted by atomic mass is 35.5. The maximum absolute atomic E-state index is 12.9. The van der Waals surface area contributed by atoms with Gasteiger partial charge in [-0.05, 0) is 29.8 Å². The maximum Gasteiger partial charge on any atom is 0.264 e. The molecule has 0 bridgehead atoms. The Kier molecular flexibility index (Phi) is 6.60. The highest BCUT2D eigenvalue weighted by Crippen LogP contribution is 2.22. The second-order valence-electron chi connectivity index (χ2n) is 7.27. The average molecular weight is 468 g/mol. The van der Waals surface area contributed by atoms with E-state index in [1.807, 2.05) is 12.1 Å². The number of ether oxygens (including phenoxy) is 2. The monoisotopic (exact) mass is 467 g/mol. The van der Waals surface area contributed by atoms with Gasteiger partial charge in [0.1, 0.15) is 23.2 Å². The van der Waals surface area contributed by atoms with E-state index < -0.39 is 0 Å². The van der Waals surface area contributed by atoms with Crippen molar-refractivity contribution in [2.75, 3.05) is 20.8 Å². The van der Waals surface area contributed by atoms with E-state index in [9.17, 15) is 9.59 Å². The number of nitrogens with zero attached hydrogens (tertiary/aromatic N) is 4. The van der Waals surface area contributed by atoms with Crippen molar-refractivity contribution < 1.29 is 14.3 Å². The van der Waals surface area contributed by atoms with Crippen molar-refractivity contribution in [1.82, 2.24) is 24.6 Å². The lowest BCUT2D eigenvalue weighted by molar-refractivity contribution is 0.0951. The van der Waals surface area contributed by atoms with Gasteiger partial charge in [0.2, 0.25) is 0 Å². The molecule has 2 aromatic carbocycles. The molecule has 1 amide bonds. The second kappa shape index (κ2) is 9.74. The molecule has 170 valence electrons. The smallest absolute Gasteiger partial charge is 0.264 e. The number of halogens is 1. The zero-order chi connectivity index (χ0) is 23.4. The Morgan fingerprint density at radius 3 is 2.45 bits per heavy atom. The van der Waals surface area contributed by atoms with Crippen LogP contribution in [-0.4, -0.2) is 46.0 Å². The zero-order valence-corrected chi connectivity index (χ0v) is 18.9. The van der Waals surface area contributed by atoms with Crippen LogP contribution in [0, 0.1) is 0 Å². The number of hydrogen-bond donors (Lipinski definition) is 1. The lowest BCUT2D eigenvalue weighted by Gasteiger charge is -2.10. The normalized spacial score (nSPS) is 10.9. The number of hydrogen-bond acceptors (Lipinski definition) is 6. The van der Waals surface area contributed by atoms with Gasteiger partial charge in [-0.3, -0.25) is 14.2 Å². The van der Waals surface area contributed by atoms with E-state index in [2.05, 4.69) is 15.4 Å².